The number of benzene rings is 2. The normalized spacial score (nSPS) is 15.9. The molecule has 9 nitrogen and oxygen atoms in total. The lowest BCUT2D eigenvalue weighted by Gasteiger charge is -2.14. The minimum Gasteiger partial charge on any atom is -0.490 e. The van der Waals surface area contributed by atoms with Gasteiger partial charge in [0.1, 0.15) is 18.5 Å². The van der Waals surface area contributed by atoms with Crippen LogP contribution in [0.2, 0.25) is 0 Å². The Morgan fingerprint density at radius 3 is 2.69 bits per heavy atom. The van der Waals surface area contributed by atoms with Gasteiger partial charge in [-0.05, 0) is 35.7 Å². The maximum Gasteiger partial charge on any atom is 0.414 e. The molecule has 0 bridgehead atoms. The number of aromatic amines is 1. The van der Waals surface area contributed by atoms with E-state index in [1.165, 1.54) is 4.90 Å². The van der Waals surface area contributed by atoms with Crippen LogP contribution in [0.15, 0.2) is 53.3 Å². The first-order valence-corrected chi connectivity index (χ1v) is 10.3. The Morgan fingerprint density at radius 2 is 1.91 bits per heavy atom. The molecule has 3 N–H and O–H groups in total. The highest BCUT2D eigenvalue weighted by Gasteiger charge is 2.32. The molecule has 0 spiro atoms. The number of ether oxygens (including phenoxy) is 3. The maximum absolute atomic E-state index is 12.9. The van der Waals surface area contributed by atoms with Crippen LogP contribution >= 0.6 is 0 Å². The Morgan fingerprint density at radius 1 is 1.06 bits per heavy atom. The number of hydrogen-bond donors (Lipinski definition) is 3. The molecule has 0 saturated carbocycles. The minimum absolute atomic E-state index is 0.0441. The number of cyclic esters (lactones) is 1. The summed E-state index contributed by atoms with van der Waals surface area (Å²) >= 11 is 0. The minimum atomic E-state index is -0.579. The first-order chi connectivity index (χ1) is 15.6. The quantitative estimate of drug-likeness (QED) is 0.435. The average molecular weight is 440 g/mol. The van der Waals surface area contributed by atoms with E-state index in [0.29, 0.717) is 41.1 Å². The molecule has 0 unspecified atom stereocenters. The largest absolute Gasteiger partial charge is 0.490 e. The van der Waals surface area contributed by atoms with Gasteiger partial charge in [-0.25, -0.2) is 4.79 Å². The van der Waals surface area contributed by atoms with E-state index < -0.39 is 12.2 Å². The number of pyridine rings is 1. The topological polar surface area (TPSA) is 121 Å². The zero-order valence-electron chi connectivity index (χ0n) is 17.3. The third kappa shape index (κ3) is 4.59. The van der Waals surface area contributed by atoms with Crippen LogP contribution in [0, 0.1) is 0 Å². The predicted molar refractivity (Wildman–Crippen MR) is 118 cm³/mol. The van der Waals surface area contributed by atoms with Crippen LogP contribution in [0.3, 0.4) is 0 Å². The molecule has 1 atom stereocenters. The third-order valence-electron chi connectivity index (χ3n) is 5.12. The number of amides is 1. The number of carbonyl (C=O) groups is 1. The molecule has 168 valence electrons. The summed E-state index contributed by atoms with van der Waals surface area (Å²) in [5.74, 6) is 0.599. The number of aliphatic hydroxyl groups excluding tert-OH is 2. The lowest BCUT2D eigenvalue weighted by atomic mass is 10.1. The highest BCUT2D eigenvalue weighted by atomic mass is 16.6. The van der Waals surface area contributed by atoms with Crippen molar-refractivity contribution in [3.8, 4) is 17.0 Å². The summed E-state index contributed by atoms with van der Waals surface area (Å²) in [7, 11) is 0. The van der Waals surface area contributed by atoms with Crippen molar-refractivity contribution in [1.82, 2.24) is 4.98 Å². The van der Waals surface area contributed by atoms with Crippen LogP contribution in [0.4, 0.5) is 10.5 Å². The SMILES string of the molecule is O=C1O[C@@H](CO)CN1c1ccc2cc(-c3ccccc3OCCOCCO)[nH]c(=O)c2c1. The summed E-state index contributed by atoms with van der Waals surface area (Å²) in [5, 5.41) is 19.1. The van der Waals surface area contributed by atoms with Crippen molar-refractivity contribution in [2.24, 2.45) is 0 Å². The van der Waals surface area contributed by atoms with E-state index in [-0.39, 0.29) is 31.9 Å². The van der Waals surface area contributed by atoms with Crippen LogP contribution in [-0.2, 0) is 9.47 Å². The van der Waals surface area contributed by atoms with Gasteiger partial charge in [-0.3, -0.25) is 9.69 Å². The lowest BCUT2D eigenvalue weighted by Crippen LogP contribution is -2.25. The van der Waals surface area contributed by atoms with E-state index in [9.17, 15) is 14.7 Å². The fourth-order valence-electron chi connectivity index (χ4n) is 3.58. The molecule has 4 rings (SSSR count). The Kier molecular flexibility index (Phi) is 6.69. The summed E-state index contributed by atoms with van der Waals surface area (Å²) in [6.45, 7) is 0.817. The van der Waals surface area contributed by atoms with Crippen molar-refractivity contribution in [2.45, 2.75) is 6.10 Å². The van der Waals surface area contributed by atoms with Gasteiger partial charge in [-0.1, -0.05) is 18.2 Å². The van der Waals surface area contributed by atoms with Crippen molar-refractivity contribution in [2.75, 3.05) is 44.5 Å². The number of hydrogen-bond acceptors (Lipinski definition) is 7. The van der Waals surface area contributed by atoms with E-state index in [0.717, 1.165) is 5.56 Å². The highest BCUT2D eigenvalue weighted by Crippen LogP contribution is 2.31. The molecule has 1 saturated heterocycles. The summed E-state index contributed by atoms with van der Waals surface area (Å²) in [6, 6.07) is 14.4. The number of anilines is 1. The van der Waals surface area contributed by atoms with Crippen LogP contribution < -0.4 is 15.2 Å². The van der Waals surface area contributed by atoms with Gasteiger partial charge in [0.25, 0.3) is 5.56 Å². The first-order valence-electron chi connectivity index (χ1n) is 10.3. The fourth-order valence-corrected chi connectivity index (χ4v) is 3.58. The number of para-hydroxylation sites is 1. The molecular weight excluding hydrogens is 416 g/mol. The Hall–Kier alpha value is -3.40. The maximum atomic E-state index is 12.9. The number of carbonyl (C=O) groups excluding carboxylic acids is 1. The van der Waals surface area contributed by atoms with Crippen molar-refractivity contribution in [3.63, 3.8) is 0 Å². The van der Waals surface area contributed by atoms with Gasteiger partial charge in [0.05, 0.1) is 38.7 Å². The Bertz CT molecular complexity index is 1160. The van der Waals surface area contributed by atoms with Gasteiger partial charge < -0.3 is 29.4 Å². The smallest absolute Gasteiger partial charge is 0.414 e. The first kappa shape index (κ1) is 21.8. The molecule has 1 aromatic heterocycles. The fraction of sp³-hybridized carbons (Fsp3) is 0.304. The predicted octanol–water partition coefficient (Wildman–Crippen LogP) is 1.90. The molecule has 1 amide bonds. The zero-order valence-corrected chi connectivity index (χ0v) is 17.3. The van der Waals surface area contributed by atoms with E-state index >= 15 is 0 Å². The van der Waals surface area contributed by atoms with E-state index in [4.69, 9.17) is 19.3 Å². The number of aliphatic hydroxyl groups is 2. The molecule has 2 heterocycles. The van der Waals surface area contributed by atoms with Crippen molar-refractivity contribution in [1.29, 1.82) is 0 Å². The molecule has 3 aromatic rings. The number of fused-ring (bicyclic) bond motifs is 1. The summed E-state index contributed by atoms with van der Waals surface area (Å²) < 4.78 is 16.1. The lowest BCUT2D eigenvalue weighted by molar-refractivity contribution is 0.0706. The number of H-pyrrole nitrogens is 1. The second-order valence-electron chi connectivity index (χ2n) is 7.26. The molecule has 1 aliphatic heterocycles. The van der Waals surface area contributed by atoms with Gasteiger partial charge in [0.15, 0.2) is 0 Å². The number of nitrogens with zero attached hydrogens (tertiary/aromatic N) is 1. The van der Waals surface area contributed by atoms with E-state index in [1.54, 1.807) is 18.2 Å². The Labute approximate surface area is 183 Å². The Balaban J connectivity index is 1.61. The molecule has 32 heavy (non-hydrogen) atoms. The molecule has 9 heteroatoms. The molecule has 0 radical (unpaired) electrons. The summed E-state index contributed by atoms with van der Waals surface area (Å²) in [5.41, 5.74) is 1.56. The standard InChI is InChI=1S/C23H24N2O7/c26-7-8-30-9-10-31-21-4-2-1-3-18(21)20-11-15-5-6-16(12-19(15)22(28)24-20)25-13-17(14-27)32-23(25)29/h1-6,11-12,17,26-27H,7-10,13-14H2,(H,24,28)/t17-/m1/s1. The van der Waals surface area contributed by atoms with Crippen molar-refractivity contribution < 1.29 is 29.2 Å². The zero-order chi connectivity index (χ0) is 22.5. The van der Waals surface area contributed by atoms with E-state index in [1.807, 2.05) is 30.3 Å². The molecule has 0 aliphatic carbocycles. The van der Waals surface area contributed by atoms with Crippen LogP contribution in [0.25, 0.3) is 22.0 Å². The summed E-state index contributed by atoms with van der Waals surface area (Å²) in [6.07, 6.45) is -1.13. The molecule has 2 aromatic carbocycles. The second kappa shape index (κ2) is 9.82. The van der Waals surface area contributed by atoms with Crippen LogP contribution in [0.1, 0.15) is 0 Å². The number of aromatic nitrogens is 1. The van der Waals surface area contributed by atoms with Gasteiger partial charge in [0.2, 0.25) is 0 Å². The summed E-state index contributed by atoms with van der Waals surface area (Å²) in [4.78, 5) is 29.2. The second-order valence-corrected chi connectivity index (χ2v) is 7.26. The van der Waals surface area contributed by atoms with Gasteiger partial charge >= 0.3 is 6.09 Å². The van der Waals surface area contributed by atoms with Crippen molar-refractivity contribution in [3.05, 3.63) is 58.9 Å². The van der Waals surface area contributed by atoms with Gasteiger partial charge in [0, 0.05) is 16.6 Å². The molecular formula is C23H24N2O7. The van der Waals surface area contributed by atoms with Gasteiger partial charge in [-0.15, -0.1) is 0 Å². The average Bonchev–Trinajstić information content (AvgIpc) is 3.19. The van der Waals surface area contributed by atoms with Crippen LogP contribution in [0.5, 0.6) is 5.75 Å². The van der Waals surface area contributed by atoms with Crippen molar-refractivity contribution >= 4 is 22.6 Å². The molecule has 1 fully saturated rings. The monoisotopic (exact) mass is 440 g/mol. The number of rotatable bonds is 9. The van der Waals surface area contributed by atoms with Gasteiger partial charge in [-0.2, -0.15) is 0 Å². The third-order valence-corrected chi connectivity index (χ3v) is 5.12. The van der Waals surface area contributed by atoms with Crippen LogP contribution in [-0.4, -0.2) is 67.0 Å². The number of nitrogens with one attached hydrogen (secondary N) is 1. The highest BCUT2D eigenvalue weighted by molar-refractivity contribution is 5.94. The van der Waals surface area contributed by atoms with E-state index in [2.05, 4.69) is 4.98 Å². The molecule has 1 aliphatic rings.